The zero-order chi connectivity index (χ0) is 12.5. The summed E-state index contributed by atoms with van der Waals surface area (Å²) >= 11 is 0. The van der Waals surface area contributed by atoms with Gasteiger partial charge in [-0.25, -0.2) is 0 Å². The molecule has 0 N–H and O–H groups in total. The predicted octanol–water partition coefficient (Wildman–Crippen LogP) is 2.02. The number of ether oxygens (including phenoxy) is 1. The van der Waals surface area contributed by atoms with Crippen molar-refractivity contribution in [3.8, 4) is 11.5 Å². The van der Waals surface area contributed by atoms with Gasteiger partial charge in [0.2, 0.25) is 0 Å². The lowest BCUT2D eigenvalue weighted by Crippen LogP contribution is -2.00. The molecule has 0 amide bonds. The Balaban J connectivity index is 1.83. The summed E-state index contributed by atoms with van der Waals surface area (Å²) in [4.78, 5) is 4.42. The van der Waals surface area contributed by atoms with E-state index in [0.29, 0.717) is 18.5 Å². The van der Waals surface area contributed by atoms with Crippen molar-refractivity contribution in [2.45, 2.75) is 32.2 Å². The van der Waals surface area contributed by atoms with Crippen LogP contribution in [0.25, 0.3) is 11.5 Å². The maximum absolute atomic E-state index is 5.32. The van der Waals surface area contributed by atoms with Crippen LogP contribution in [-0.2, 0) is 4.74 Å². The Labute approximate surface area is 105 Å². The Hall–Kier alpha value is -1.69. The average molecular weight is 248 g/mol. The van der Waals surface area contributed by atoms with Crippen molar-refractivity contribution in [1.29, 1.82) is 0 Å². The SMILES string of the molecule is CC(C)n1cc(-c2nc([C@H]3CCOC3)no2)cn1. The van der Waals surface area contributed by atoms with Crippen LogP contribution in [0.3, 0.4) is 0 Å². The van der Waals surface area contributed by atoms with Gasteiger partial charge in [-0.3, -0.25) is 4.68 Å². The molecule has 0 aliphatic carbocycles. The molecule has 3 rings (SSSR count). The highest BCUT2D eigenvalue weighted by atomic mass is 16.5. The van der Waals surface area contributed by atoms with Crippen molar-refractivity contribution in [1.82, 2.24) is 19.9 Å². The minimum Gasteiger partial charge on any atom is -0.381 e. The topological polar surface area (TPSA) is 66.0 Å². The molecule has 6 heteroatoms. The van der Waals surface area contributed by atoms with E-state index < -0.39 is 0 Å². The summed E-state index contributed by atoms with van der Waals surface area (Å²) < 4.78 is 12.5. The molecule has 0 spiro atoms. The second-order valence-electron chi connectivity index (χ2n) is 4.82. The van der Waals surface area contributed by atoms with Crippen LogP contribution in [0.4, 0.5) is 0 Å². The van der Waals surface area contributed by atoms with E-state index in [9.17, 15) is 0 Å². The molecule has 0 bridgehead atoms. The maximum atomic E-state index is 5.32. The van der Waals surface area contributed by atoms with Gasteiger partial charge in [0, 0.05) is 24.8 Å². The van der Waals surface area contributed by atoms with Gasteiger partial charge in [0.1, 0.15) is 0 Å². The summed E-state index contributed by atoms with van der Waals surface area (Å²) in [6.45, 7) is 5.61. The monoisotopic (exact) mass is 248 g/mol. The molecule has 18 heavy (non-hydrogen) atoms. The van der Waals surface area contributed by atoms with E-state index in [4.69, 9.17) is 9.26 Å². The summed E-state index contributed by atoms with van der Waals surface area (Å²) in [5.74, 6) is 1.53. The van der Waals surface area contributed by atoms with Gasteiger partial charge in [-0.15, -0.1) is 0 Å². The van der Waals surface area contributed by atoms with Crippen LogP contribution >= 0.6 is 0 Å². The molecule has 0 aromatic carbocycles. The molecule has 2 aromatic heterocycles. The molecule has 1 aliphatic heterocycles. The highest BCUT2D eigenvalue weighted by Gasteiger charge is 2.23. The summed E-state index contributed by atoms with van der Waals surface area (Å²) in [6.07, 6.45) is 4.64. The third-order valence-electron chi connectivity index (χ3n) is 3.11. The quantitative estimate of drug-likeness (QED) is 0.831. The molecule has 1 fully saturated rings. The molecular formula is C12H16N4O2. The standard InChI is InChI=1S/C12H16N4O2/c1-8(2)16-6-10(5-13-16)12-14-11(15-18-12)9-3-4-17-7-9/h5-6,8-9H,3-4,7H2,1-2H3/t9-/m0/s1. The van der Waals surface area contributed by atoms with Crippen LogP contribution < -0.4 is 0 Å². The van der Waals surface area contributed by atoms with Gasteiger partial charge in [0.05, 0.1) is 18.4 Å². The highest BCUT2D eigenvalue weighted by molar-refractivity contribution is 5.49. The van der Waals surface area contributed by atoms with E-state index in [1.54, 1.807) is 6.20 Å². The van der Waals surface area contributed by atoms with Crippen LogP contribution in [0.15, 0.2) is 16.9 Å². The highest BCUT2D eigenvalue weighted by Crippen LogP contribution is 2.25. The molecule has 1 saturated heterocycles. The summed E-state index contributed by atoms with van der Waals surface area (Å²) in [5.41, 5.74) is 0.862. The first-order valence-corrected chi connectivity index (χ1v) is 6.20. The van der Waals surface area contributed by atoms with E-state index in [2.05, 4.69) is 29.1 Å². The number of rotatable bonds is 3. The third-order valence-corrected chi connectivity index (χ3v) is 3.11. The van der Waals surface area contributed by atoms with E-state index in [1.165, 1.54) is 0 Å². The summed E-state index contributed by atoms with van der Waals surface area (Å²) in [6, 6.07) is 0.323. The minimum atomic E-state index is 0.266. The Morgan fingerprint density at radius 1 is 1.44 bits per heavy atom. The first-order chi connectivity index (χ1) is 8.74. The van der Waals surface area contributed by atoms with Gasteiger partial charge in [0.25, 0.3) is 5.89 Å². The Morgan fingerprint density at radius 2 is 2.33 bits per heavy atom. The van der Waals surface area contributed by atoms with Crippen molar-refractivity contribution in [2.24, 2.45) is 0 Å². The molecular weight excluding hydrogens is 232 g/mol. The second kappa shape index (κ2) is 4.53. The smallest absolute Gasteiger partial charge is 0.261 e. The molecule has 96 valence electrons. The van der Waals surface area contributed by atoms with E-state index in [0.717, 1.165) is 24.4 Å². The predicted molar refractivity (Wildman–Crippen MR) is 64.1 cm³/mol. The Kier molecular flexibility index (Phi) is 2.87. The molecule has 6 nitrogen and oxygen atoms in total. The van der Waals surface area contributed by atoms with Crippen LogP contribution in [-0.4, -0.2) is 33.1 Å². The van der Waals surface area contributed by atoms with Gasteiger partial charge in [-0.1, -0.05) is 5.16 Å². The van der Waals surface area contributed by atoms with Crippen molar-refractivity contribution >= 4 is 0 Å². The van der Waals surface area contributed by atoms with Gasteiger partial charge in [-0.2, -0.15) is 10.1 Å². The van der Waals surface area contributed by atoms with Crippen LogP contribution in [0.5, 0.6) is 0 Å². The molecule has 0 unspecified atom stereocenters. The van der Waals surface area contributed by atoms with Gasteiger partial charge >= 0.3 is 0 Å². The fourth-order valence-corrected chi connectivity index (χ4v) is 1.99. The average Bonchev–Trinajstić information content (AvgIpc) is 3.10. The largest absolute Gasteiger partial charge is 0.381 e. The van der Waals surface area contributed by atoms with Crippen molar-refractivity contribution in [2.75, 3.05) is 13.2 Å². The molecule has 1 atom stereocenters. The van der Waals surface area contributed by atoms with E-state index in [1.807, 2.05) is 10.9 Å². The fraction of sp³-hybridized carbons (Fsp3) is 0.583. The van der Waals surface area contributed by atoms with Gasteiger partial charge < -0.3 is 9.26 Å². The molecule has 0 radical (unpaired) electrons. The Morgan fingerprint density at radius 3 is 3.00 bits per heavy atom. The first-order valence-electron chi connectivity index (χ1n) is 6.20. The number of hydrogen-bond acceptors (Lipinski definition) is 5. The Bertz CT molecular complexity index is 526. The summed E-state index contributed by atoms with van der Waals surface area (Å²) in [7, 11) is 0. The lowest BCUT2D eigenvalue weighted by atomic mass is 10.1. The lowest BCUT2D eigenvalue weighted by molar-refractivity contribution is 0.192. The van der Waals surface area contributed by atoms with Gasteiger partial charge in [-0.05, 0) is 20.3 Å². The lowest BCUT2D eigenvalue weighted by Gasteiger charge is -2.02. The van der Waals surface area contributed by atoms with E-state index >= 15 is 0 Å². The van der Waals surface area contributed by atoms with Crippen LogP contribution in [0.2, 0.25) is 0 Å². The van der Waals surface area contributed by atoms with Crippen molar-refractivity contribution < 1.29 is 9.26 Å². The minimum absolute atomic E-state index is 0.266. The van der Waals surface area contributed by atoms with Crippen molar-refractivity contribution in [3.05, 3.63) is 18.2 Å². The number of nitrogens with zero attached hydrogens (tertiary/aromatic N) is 4. The van der Waals surface area contributed by atoms with E-state index in [-0.39, 0.29) is 5.92 Å². The van der Waals surface area contributed by atoms with Crippen LogP contribution in [0.1, 0.15) is 38.1 Å². The third kappa shape index (κ3) is 2.03. The zero-order valence-corrected chi connectivity index (χ0v) is 10.5. The molecule has 0 saturated carbocycles. The first kappa shape index (κ1) is 11.4. The summed E-state index contributed by atoms with van der Waals surface area (Å²) in [5, 5.41) is 8.29. The van der Waals surface area contributed by atoms with Gasteiger partial charge in [0.15, 0.2) is 5.82 Å². The maximum Gasteiger partial charge on any atom is 0.261 e. The number of aromatic nitrogens is 4. The second-order valence-corrected chi connectivity index (χ2v) is 4.82. The molecule has 3 heterocycles. The normalized spacial score (nSPS) is 19.8. The molecule has 1 aliphatic rings. The van der Waals surface area contributed by atoms with Crippen molar-refractivity contribution in [3.63, 3.8) is 0 Å². The number of hydrogen-bond donors (Lipinski definition) is 0. The fourth-order valence-electron chi connectivity index (χ4n) is 1.99. The van der Waals surface area contributed by atoms with Crippen LogP contribution in [0, 0.1) is 0 Å². The molecule has 2 aromatic rings. The zero-order valence-electron chi connectivity index (χ0n) is 10.5.